The van der Waals surface area contributed by atoms with E-state index in [1.165, 1.54) is 16.9 Å². The van der Waals surface area contributed by atoms with Crippen molar-refractivity contribution in [2.45, 2.75) is 27.3 Å². The van der Waals surface area contributed by atoms with Crippen LogP contribution in [0, 0.1) is 5.41 Å². The zero-order chi connectivity index (χ0) is 10.1. The number of carboxylic acid groups (broad SMARTS) is 1. The summed E-state index contributed by atoms with van der Waals surface area (Å²) in [6, 6.07) is 1.51. The van der Waals surface area contributed by atoms with Crippen LogP contribution in [0.25, 0.3) is 0 Å². The topological polar surface area (TPSA) is 55.1 Å². The molecule has 0 aliphatic heterocycles. The Labute approximate surface area is 77.2 Å². The number of hydrogen-bond donors (Lipinski definition) is 1. The van der Waals surface area contributed by atoms with Crippen LogP contribution >= 0.6 is 0 Å². The lowest BCUT2D eigenvalue weighted by Crippen LogP contribution is -2.20. The van der Waals surface area contributed by atoms with Crippen LogP contribution in [0.1, 0.15) is 31.3 Å². The molecule has 13 heavy (non-hydrogen) atoms. The van der Waals surface area contributed by atoms with Gasteiger partial charge in [-0.1, -0.05) is 20.8 Å². The molecule has 1 aromatic rings. The van der Waals surface area contributed by atoms with E-state index in [0.717, 1.165) is 0 Å². The molecule has 0 amide bonds. The SMILES string of the molecule is CC(C)(C)Cn1nccc1C(=O)O. The normalized spacial score (nSPS) is 11.6. The van der Waals surface area contributed by atoms with Gasteiger partial charge in [0.25, 0.3) is 0 Å². The Bertz CT molecular complexity index is 310. The van der Waals surface area contributed by atoms with Gasteiger partial charge < -0.3 is 5.11 Å². The molecule has 0 saturated heterocycles. The Morgan fingerprint density at radius 3 is 2.69 bits per heavy atom. The smallest absolute Gasteiger partial charge is 0.354 e. The van der Waals surface area contributed by atoms with Crippen LogP contribution in [-0.4, -0.2) is 20.9 Å². The quantitative estimate of drug-likeness (QED) is 0.756. The van der Waals surface area contributed by atoms with E-state index in [1.807, 2.05) is 20.8 Å². The Morgan fingerprint density at radius 2 is 2.23 bits per heavy atom. The van der Waals surface area contributed by atoms with E-state index in [1.54, 1.807) is 0 Å². The van der Waals surface area contributed by atoms with Crippen LogP contribution in [0.4, 0.5) is 0 Å². The van der Waals surface area contributed by atoms with Crippen LogP contribution in [0.3, 0.4) is 0 Å². The van der Waals surface area contributed by atoms with Crippen molar-refractivity contribution >= 4 is 5.97 Å². The molecule has 1 heterocycles. The van der Waals surface area contributed by atoms with E-state index < -0.39 is 5.97 Å². The number of nitrogens with zero attached hydrogens (tertiary/aromatic N) is 2. The highest BCUT2D eigenvalue weighted by Gasteiger charge is 2.16. The predicted molar refractivity (Wildman–Crippen MR) is 48.6 cm³/mol. The predicted octanol–water partition coefficient (Wildman–Crippen LogP) is 1.63. The van der Waals surface area contributed by atoms with Gasteiger partial charge in [0.05, 0.1) is 0 Å². The Morgan fingerprint density at radius 1 is 1.62 bits per heavy atom. The van der Waals surface area contributed by atoms with E-state index in [2.05, 4.69) is 5.10 Å². The van der Waals surface area contributed by atoms with Crippen molar-refractivity contribution in [3.05, 3.63) is 18.0 Å². The average Bonchev–Trinajstić information content (AvgIpc) is 2.31. The maximum Gasteiger partial charge on any atom is 0.354 e. The summed E-state index contributed by atoms with van der Waals surface area (Å²) in [4.78, 5) is 10.7. The minimum absolute atomic E-state index is 0.0379. The molecular weight excluding hydrogens is 168 g/mol. The molecule has 0 aliphatic carbocycles. The van der Waals surface area contributed by atoms with Crippen LogP contribution in [0.2, 0.25) is 0 Å². The highest BCUT2D eigenvalue weighted by Crippen LogP contribution is 2.16. The van der Waals surface area contributed by atoms with Crippen molar-refractivity contribution in [1.29, 1.82) is 0 Å². The molecule has 4 heteroatoms. The number of rotatable bonds is 2. The molecule has 1 aromatic heterocycles. The summed E-state index contributed by atoms with van der Waals surface area (Å²) < 4.78 is 1.52. The number of aromatic nitrogens is 2. The fourth-order valence-corrected chi connectivity index (χ4v) is 1.09. The molecule has 0 saturated carbocycles. The fraction of sp³-hybridized carbons (Fsp3) is 0.556. The Hall–Kier alpha value is -1.32. The Balaban J connectivity index is 2.89. The lowest BCUT2D eigenvalue weighted by Gasteiger charge is -2.18. The monoisotopic (exact) mass is 182 g/mol. The van der Waals surface area contributed by atoms with Crippen molar-refractivity contribution in [1.82, 2.24) is 9.78 Å². The fourth-order valence-electron chi connectivity index (χ4n) is 1.09. The lowest BCUT2D eigenvalue weighted by molar-refractivity contribution is 0.0680. The van der Waals surface area contributed by atoms with Crippen LogP contribution < -0.4 is 0 Å². The molecule has 1 N–H and O–H groups in total. The van der Waals surface area contributed by atoms with E-state index in [4.69, 9.17) is 5.11 Å². The summed E-state index contributed by atoms with van der Waals surface area (Å²) in [7, 11) is 0. The molecule has 0 fully saturated rings. The molecule has 4 nitrogen and oxygen atoms in total. The number of carbonyl (C=O) groups is 1. The maximum atomic E-state index is 10.7. The first kappa shape index (κ1) is 9.77. The summed E-state index contributed by atoms with van der Waals surface area (Å²) in [5.41, 5.74) is 0.283. The highest BCUT2D eigenvalue weighted by molar-refractivity contribution is 5.85. The van der Waals surface area contributed by atoms with Crippen molar-refractivity contribution in [3.8, 4) is 0 Å². The molecule has 72 valence electrons. The highest BCUT2D eigenvalue weighted by atomic mass is 16.4. The maximum absolute atomic E-state index is 10.7. The third kappa shape index (κ3) is 2.57. The van der Waals surface area contributed by atoms with Crippen LogP contribution in [-0.2, 0) is 6.54 Å². The molecule has 0 unspecified atom stereocenters. The second-order valence-electron chi connectivity index (χ2n) is 4.24. The van der Waals surface area contributed by atoms with E-state index in [9.17, 15) is 4.79 Å². The summed E-state index contributed by atoms with van der Waals surface area (Å²) >= 11 is 0. The Kier molecular flexibility index (Phi) is 2.40. The van der Waals surface area contributed by atoms with Gasteiger partial charge >= 0.3 is 5.97 Å². The van der Waals surface area contributed by atoms with Gasteiger partial charge in [0.1, 0.15) is 5.69 Å². The third-order valence-corrected chi connectivity index (χ3v) is 1.56. The number of carboxylic acids is 1. The van der Waals surface area contributed by atoms with Crippen molar-refractivity contribution in [3.63, 3.8) is 0 Å². The molecule has 1 rings (SSSR count). The van der Waals surface area contributed by atoms with Gasteiger partial charge in [-0.15, -0.1) is 0 Å². The molecular formula is C9H14N2O2. The molecule has 0 radical (unpaired) electrons. The number of hydrogen-bond acceptors (Lipinski definition) is 2. The van der Waals surface area contributed by atoms with Gasteiger partial charge in [0, 0.05) is 12.7 Å². The molecule has 0 atom stereocenters. The van der Waals surface area contributed by atoms with Gasteiger partial charge in [0.2, 0.25) is 0 Å². The zero-order valence-electron chi connectivity index (χ0n) is 8.11. The van der Waals surface area contributed by atoms with Crippen LogP contribution in [0.5, 0.6) is 0 Å². The minimum Gasteiger partial charge on any atom is -0.477 e. The van der Waals surface area contributed by atoms with E-state index >= 15 is 0 Å². The molecule has 0 aromatic carbocycles. The minimum atomic E-state index is -0.929. The average molecular weight is 182 g/mol. The second-order valence-corrected chi connectivity index (χ2v) is 4.24. The second kappa shape index (κ2) is 3.20. The largest absolute Gasteiger partial charge is 0.477 e. The zero-order valence-corrected chi connectivity index (χ0v) is 8.11. The van der Waals surface area contributed by atoms with E-state index in [0.29, 0.717) is 6.54 Å². The van der Waals surface area contributed by atoms with Gasteiger partial charge in [-0.2, -0.15) is 5.10 Å². The van der Waals surface area contributed by atoms with Gasteiger partial charge in [-0.25, -0.2) is 4.79 Å². The lowest BCUT2D eigenvalue weighted by atomic mass is 9.97. The van der Waals surface area contributed by atoms with Gasteiger partial charge in [-0.3, -0.25) is 4.68 Å². The first-order chi connectivity index (χ1) is 5.90. The molecule has 0 bridgehead atoms. The van der Waals surface area contributed by atoms with E-state index in [-0.39, 0.29) is 11.1 Å². The van der Waals surface area contributed by atoms with Crippen LogP contribution in [0.15, 0.2) is 12.3 Å². The molecule has 0 spiro atoms. The molecule has 0 aliphatic rings. The third-order valence-electron chi connectivity index (χ3n) is 1.56. The van der Waals surface area contributed by atoms with Gasteiger partial charge in [0.15, 0.2) is 0 Å². The summed E-state index contributed by atoms with van der Waals surface area (Å²) in [5.74, 6) is -0.929. The van der Waals surface area contributed by atoms with Crippen molar-refractivity contribution in [2.75, 3.05) is 0 Å². The summed E-state index contributed by atoms with van der Waals surface area (Å²) in [6.45, 7) is 6.74. The van der Waals surface area contributed by atoms with Crippen molar-refractivity contribution in [2.24, 2.45) is 5.41 Å². The first-order valence-corrected chi connectivity index (χ1v) is 4.15. The standard InChI is InChI=1S/C9H14N2O2/c1-9(2,3)6-11-7(8(12)13)4-5-10-11/h4-5H,6H2,1-3H3,(H,12,13). The summed E-state index contributed by atoms with van der Waals surface area (Å²) in [5, 5.41) is 12.7. The number of aromatic carboxylic acids is 1. The first-order valence-electron chi connectivity index (χ1n) is 4.15. The summed E-state index contributed by atoms with van der Waals surface area (Å²) in [6.07, 6.45) is 1.51. The van der Waals surface area contributed by atoms with Crippen molar-refractivity contribution < 1.29 is 9.90 Å². The van der Waals surface area contributed by atoms with Gasteiger partial charge in [-0.05, 0) is 11.5 Å².